The molecule has 1 unspecified atom stereocenters. The quantitative estimate of drug-likeness (QED) is 0.838. The zero-order valence-electron chi connectivity index (χ0n) is 14.6. The van der Waals surface area contributed by atoms with E-state index >= 15 is 0 Å². The number of rotatable bonds is 4. The second-order valence-electron chi connectivity index (χ2n) is 7.19. The van der Waals surface area contributed by atoms with Crippen LogP contribution in [0.3, 0.4) is 0 Å². The Kier molecular flexibility index (Phi) is 5.13. The van der Waals surface area contributed by atoms with Crippen molar-refractivity contribution in [3.8, 4) is 0 Å². The predicted octanol–water partition coefficient (Wildman–Crippen LogP) is 1.77. The second-order valence-corrected chi connectivity index (χ2v) is 7.19. The molecule has 3 aliphatic heterocycles. The van der Waals surface area contributed by atoms with Gasteiger partial charge in [-0.2, -0.15) is 4.98 Å². The standard InChI is InChI=1S/C18H29N5O/c1-4-14-24-16(5-1)15-21-10-12-23(13-11-21)18-19-7-6-17(20-18)22-8-2-3-9-22/h6-7,16H,1-5,8-15H2. The summed E-state index contributed by atoms with van der Waals surface area (Å²) in [6.45, 7) is 8.47. The maximum Gasteiger partial charge on any atom is 0.227 e. The highest BCUT2D eigenvalue weighted by Crippen LogP contribution is 2.21. The Morgan fingerprint density at radius 2 is 1.79 bits per heavy atom. The van der Waals surface area contributed by atoms with Crippen LogP contribution in [0, 0.1) is 0 Å². The molecule has 0 aliphatic carbocycles. The maximum absolute atomic E-state index is 5.88. The number of anilines is 2. The molecule has 0 bridgehead atoms. The highest BCUT2D eigenvalue weighted by molar-refractivity contribution is 5.44. The summed E-state index contributed by atoms with van der Waals surface area (Å²) >= 11 is 0. The van der Waals surface area contributed by atoms with Crippen LogP contribution in [-0.4, -0.2) is 73.4 Å². The van der Waals surface area contributed by atoms with Crippen molar-refractivity contribution in [2.24, 2.45) is 0 Å². The number of hydrogen-bond donors (Lipinski definition) is 0. The topological polar surface area (TPSA) is 44.7 Å². The zero-order valence-corrected chi connectivity index (χ0v) is 14.6. The van der Waals surface area contributed by atoms with Crippen LogP contribution in [0.25, 0.3) is 0 Å². The van der Waals surface area contributed by atoms with Gasteiger partial charge in [0.25, 0.3) is 0 Å². The number of piperazine rings is 1. The fourth-order valence-electron chi connectivity index (χ4n) is 3.98. The Balaban J connectivity index is 1.31. The molecule has 4 rings (SSSR count). The lowest BCUT2D eigenvalue weighted by molar-refractivity contribution is -0.00648. The average molecular weight is 331 g/mol. The van der Waals surface area contributed by atoms with E-state index in [9.17, 15) is 0 Å². The summed E-state index contributed by atoms with van der Waals surface area (Å²) in [5.74, 6) is 1.99. The lowest BCUT2D eigenvalue weighted by Crippen LogP contribution is -2.49. The van der Waals surface area contributed by atoms with Crippen LogP contribution in [0.2, 0.25) is 0 Å². The zero-order chi connectivity index (χ0) is 16.2. The number of hydrogen-bond acceptors (Lipinski definition) is 6. The van der Waals surface area contributed by atoms with Gasteiger partial charge in [-0.3, -0.25) is 4.90 Å². The number of nitrogens with zero attached hydrogens (tertiary/aromatic N) is 5. The van der Waals surface area contributed by atoms with Gasteiger partial charge in [-0.25, -0.2) is 4.98 Å². The molecule has 1 aromatic heterocycles. The first-order valence-corrected chi connectivity index (χ1v) is 9.55. The minimum absolute atomic E-state index is 0.444. The van der Waals surface area contributed by atoms with Gasteiger partial charge < -0.3 is 14.5 Å². The van der Waals surface area contributed by atoms with Crippen molar-refractivity contribution in [2.75, 3.05) is 62.2 Å². The fourth-order valence-corrected chi connectivity index (χ4v) is 3.98. The van der Waals surface area contributed by atoms with E-state index in [-0.39, 0.29) is 0 Å². The summed E-state index contributed by atoms with van der Waals surface area (Å²) in [5, 5.41) is 0. The van der Waals surface area contributed by atoms with E-state index in [4.69, 9.17) is 9.72 Å². The lowest BCUT2D eigenvalue weighted by Gasteiger charge is -2.37. The van der Waals surface area contributed by atoms with E-state index in [1.54, 1.807) is 0 Å². The predicted molar refractivity (Wildman–Crippen MR) is 95.7 cm³/mol. The van der Waals surface area contributed by atoms with Crippen LogP contribution >= 0.6 is 0 Å². The summed E-state index contributed by atoms with van der Waals surface area (Å²) < 4.78 is 5.88. The molecule has 4 heterocycles. The normalized spacial score (nSPS) is 26.1. The molecule has 0 N–H and O–H groups in total. The summed E-state index contributed by atoms with van der Waals surface area (Å²) in [6, 6.07) is 2.05. The molecule has 6 heteroatoms. The first-order valence-electron chi connectivity index (χ1n) is 9.55. The van der Waals surface area contributed by atoms with Gasteiger partial charge >= 0.3 is 0 Å². The maximum atomic E-state index is 5.88. The fraction of sp³-hybridized carbons (Fsp3) is 0.778. The first kappa shape index (κ1) is 16.1. The van der Waals surface area contributed by atoms with Gasteiger partial charge in [0.1, 0.15) is 5.82 Å². The Hall–Kier alpha value is -1.40. The van der Waals surface area contributed by atoms with Crippen LogP contribution in [0.1, 0.15) is 32.1 Å². The van der Waals surface area contributed by atoms with Gasteiger partial charge in [-0.15, -0.1) is 0 Å². The molecular formula is C18H29N5O. The summed E-state index contributed by atoms with van der Waals surface area (Å²) in [4.78, 5) is 16.6. The molecule has 0 amide bonds. The van der Waals surface area contributed by atoms with Gasteiger partial charge in [-0.1, -0.05) is 0 Å². The molecule has 1 atom stereocenters. The van der Waals surface area contributed by atoms with Crippen molar-refractivity contribution in [2.45, 2.75) is 38.2 Å². The van der Waals surface area contributed by atoms with Crippen molar-refractivity contribution >= 4 is 11.8 Å². The lowest BCUT2D eigenvalue weighted by atomic mass is 10.1. The highest BCUT2D eigenvalue weighted by atomic mass is 16.5. The Morgan fingerprint density at radius 1 is 0.958 bits per heavy atom. The summed E-state index contributed by atoms with van der Waals surface area (Å²) in [6.07, 6.45) is 8.69. The van der Waals surface area contributed by atoms with E-state index in [0.29, 0.717) is 6.10 Å². The van der Waals surface area contributed by atoms with Crippen molar-refractivity contribution in [3.05, 3.63) is 12.3 Å². The van der Waals surface area contributed by atoms with Gasteiger partial charge in [-0.05, 0) is 38.2 Å². The third-order valence-corrected chi connectivity index (χ3v) is 5.45. The molecule has 0 spiro atoms. The van der Waals surface area contributed by atoms with Gasteiger partial charge in [0, 0.05) is 58.6 Å². The SMILES string of the molecule is c1cc(N2CCCC2)nc(N2CCN(CC3CCCCO3)CC2)n1. The smallest absolute Gasteiger partial charge is 0.227 e. The van der Waals surface area contributed by atoms with Crippen molar-refractivity contribution < 1.29 is 4.74 Å². The molecular weight excluding hydrogens is 302 g/mol. The monoisotopic (exact) mass is 331 g/mol. The Morgan fingerprint density at radius 3 is 2.54 bits per heavy atom. The van der Waals surface area contributed by atoms with Crippen molar-refractivity contribution in [1.29, 1.82) is 0 Å². The molecule has 0 saturated carbocycles. The minimum atomic E-state index is 0.444. The average Bonchev–Trinajstić information content (AvgIpc) is 3.18. The molecule has 24 heavy (non-hydrogen) atoms. The van der Waals surface area contributed by atoms with Gasteiger partial charge in [0.05, 0.1) is 6.10 Å². The third kappa shape index (κ3) is 3.81. The van der Waals surface area contributed by atoms with E-state index in [2.05, 4.69) is 19.7 Å². The van der Waals surface area contributed by atoms with Gasteiger partial charge in [0.2, 0.25) is 5.95 Å². The molecule has 0 radical (unpaired) electrons. The van der Waals surface area contributed by atoms with Crippen LogP contribution in [0.15, 0.2) is 12.3 Å². The molecule has 1 aromatic rings. The van der Waals surface area contributed by atoms with Crippen LogP contribution in [0.5, 0.6) is 0 Å². The highest BCUT2D eigenvalue weighted by Gasteiger charge is 2.23. The number of ether oxygens (including phenoxy) is 1. The van der Waals surface area contributed by atoms with Crippen molar-refractivity contribution in [3.63, 3.8) is 0 Å². The Labute approximate surface area is 144 Å². The van der Waals surface area contributed by atoms with Crippen LogP contribution in [-0.2, 0) is 4.74 Å². The molecule has 3 saturated heterocycles. The Bertz CT molecular complexity index is 520. The number of aromatic nitrogens is 2. The van der Waals surface area contributed by atoms with Gasteiger partial charge in [0.15, 0.2) is 0 Å². The molecule has 3 aliphatic rings. The first-order chi connectivity index (χ1) is 11.9. The van der Waals surface area contributed by atoms with E-state index < -0.39 is 0 Å². The third-order valence-electron chi connectivity index (χ3n) is 5.45. The van der Waals surface area contributed by atoms with E-state index in [0.717, 1.165) is 64.2 Å². The van der Waals surface area contributed by atoms with E-state index in [1.807, 2.05) is 12.3 Å². The molecule has 6 nitrogen and oxygen atoms in total. The molecule has 0 aromatic carbocycles. The summed E-state index contributed by atoms with van der Waals surface area (Å²) in [7, 11) is 0. The van der Waals surface area contributed by atoms with E-state index in [1.165, 1.54) is 32.1 Å². The second kappa shape index (κ2) is 7.66. The summed E-state index contributed by atoms with van der Waals surface area (Å²) in [5.41, 5.74) is 0. The van der Waals surface area contributed by atoms with Crippen LogP contribution in [0.4, 0.5) is 11.8 Å². The molecule has 3 fully saturated rings. The van der Waals surface area contributed by atoms with Crippen molar-refractivity contribution in [1.82, 2.24) is 14.9 Å². The minimum Gasteiger partial charge on any atom is -0.377 e. The largest absolute Gasteiger partial charge is 0.377 e. The molecule has 132 valence electrons. The van der Waals surface area contributed by atoms with Crippen LogP contribution < -0.4 is 9.80 Å².